The predicted molar refractivity (Wildman–Crippen MR) is 87.5 cm³/mol. The maximum absolute atomic E-state index is 12.8. The van der Waals surface area contributed by atoms with Crippen LogP contribution < -0.4 is 10.6 Å². The summed E-state index contributed by atoms with van der Waals surface area (Å²) in [6.45, 7) is 4.81. The van der Waals surface area contributed by atoms with E-state index in [1.165, 1.54) is 12.1 Å². The molecule has 2 aromatic carbocycles. The Morgan fingerprint density at radius 2 is 1.82 bits per heavy atom. The van der Waals surface area contributed by atoms with Crippen LogP contribution in [0.3, 0.4) is 0 Å². The number of hydrogen-bond acceptors (Lipinski definition) is 2. The van der Waals surface area contributed by atoms with E-state index in [0.29, 0.717) is 13.0 Å². The van der Waals surface area contributed by atoms with Crippen LogP contribution in [0.25, 0.3) is 0 Å². The van der Waals surface area contributed by atoms with Gasteiger partial charge in [-0.2, -0.15) is 0 Å². The van der Waals surface area contributed by atoms with Crippen molar-refractivity contribution < 1.29 is 9.18 Å². The van der Waals surface area contributed by atoms with Crippen LogP contribution in [0.15, 0.2) is 42.5 Å². The summed E-state index contributed by atoms with van der Waals surface area (Å²) >= 11 is 0. The third-order valence-electron chi connectivity index (χ3n) is 3.48. The normalized spacial score (nSPS) is 10.3. The van der Waals surface area contributed by atoms with E-state index in [1.54, 1.807) is 12.1 Å². The molecule has 4 heteroatoms. The van der Waals surface area contributed by atoms with Crippen molar-refractivity contribution >= 4 is 11.6 Å². The Labute approximate surface area is 130 Å². The third kappa shape index (κ3) is 4.88. The summed E-state index contributed by atoms with van der Waals surface area (Å²) in [5.41, 5.74) is 4.26. The van der Waals surface area contributed by atoms with Gasteiger partial charge in [-0.3, -0.25) is 4.79 Å². The summed E-state index contributed by atoms with van der Waals surface area (Å²) in [5, 5.41) is 6.00. The molecule has 0 aliphatic rings. The first-order valence-corrected chi connectivity index (χ1v) is 7.37. The van der Waals surface area contributed by atoms with E-state index in [2.05, 4.69) is 10.6 Å². The highest BCUT2D eigenvalue weighted by molar-refractivity contribution is 5.81. The number of carbonyl (C=O) groups excluding carboxylic acids is 1. The highest BCUT2D eigenvalue weighted by Crippen LogP contribution is 2.15. The Bertz CT molecular complexity index is 638. The van der Waals surface area contributed by atoms with Crippen molar-refractivity contribution in [1.82, 2.24) is 5.32 Å². The number of rotatable bonds is 6. The van der Waals surface area contributed by atoms with Gasteiger partial charge in [-0.25, -0.2) is 4.39 Å². The summed E-state index contributed by atoms with van der Waals surface area (Å²) in [6.07, 6.45) is 0.690. The number of nitrogens with one attached hydrogen (secondary N) is 2. The van der Waals surface area contributed by atoms with Gasteiger partial charge < -0.3 is 10.6 Å². The number of anilines is 1. The molecule has 0 saturated heterocycles. The Morgan fingerprint density at radius 1 is 1.09 bits per heavy atom. The minimum atomic E-state index is -0.245. The Balaban J connectivity index is 1.74. The molecule has 0 radical (unpaired) electrons. The van der Waals surface area contributed by atoms with Crippen molar-refractivity contribution in [3.8, 4) is 0 Å². The summed E-state index contributed by atoms with van der Waals surface area (Å²) in [7, 11) is 0. The molecule has 0 heterocycles. The van der Waals surface area contributed by atoms with Crippen molar-refractivity contribution in [2.75, 3.05) is 18.4 Å². The number of aryl methyl sites for hydroxylation is 2. The van der Waals surface area contributed by atoms with Gasteiger partial charge in [0.1, 0.15) is 5.82 Å². The van der Waals surface area contributed by atoms with Crippen LogP contribution in [0.5, 0.6) is 0 Å². The van der Waals surface area contributed by atoms with E-state index in [-0.39, 0.29) is 18.3 Å². The average molecular weight is 300 g/mol. The summed E-state index contributed by atoms with van der Waals surface area (Å²) < 4.78 is 12.8. The van der Waals surface area contributed by atoms with Crippen molar-refractivity contribution in [3.05, 3.63) is 65.0 Å². The minimum absolute atomic E-state index is 0.0528. The lowest BCUT2D eigenvalue weighted by Crippen LogP contribution is -2.31. The molecule has 2 aromatic rings. The minimum Gasteiger partial charge on any atom is -0.376 e. The number of benzene rings is 2. The van der Waals surface area contributed by atoms with E-state index in [1.807, 2.05) is 32.0 Å². The van der Waals surface area contributed by atoms with Gasteiger partial charge in [-0.05, 0) is 55.2 Å². The van der Waals surface area contributed by atoms with Crippen molar-refractivity contribution in [2.24, 2.45) is 0 Å². The van der Waals surface area contributed by atoms with E-state index >= 15 is 0 Å². The summed E-state index contributed by atoms with van der Waals surface area (Å²) in [5.74, 6) is -0.298. The Hall–Kier alpha value is -2.36. The molecule has 0 unspecified atom stereocenters. The average Bonchev–Trinajstić information content (AvgIpc) is 2.50. The fraction of sp³-hybridized carbons (Fsp3) is 0.278. The number of carbonyl (C=O) groups is 1. The maximum Gasteiger partial charge on any atom is 0.239 e. The second kappa shape index (κ2) is 7.59. The number of amides is 1. The standard InChI is InChI=1S/C18H21FN2O/c1-13-3-4-14(2)17(11-13)21-12-18(22)20-10-9-15-5-7-16(19)8-6-15/h3-8,11,21H,9-10,12H2,1-2H3,(H,20,22). The topological polar surface area (TPSA) is 41.1 Å². The lowest BCUT2D eigenvalue weighted by molar-refractivity contribution is -0.119. The molecule has 0 aliphatic carbocycles. The predicted octanol–water partition coefficient (Wildman–Crippen LogP) is 3.21. The van der Waals surface area contributed by atoms with Crippen LogP contribution in [0.1, 0.15) is 16.7 Å². The zero-order valence-corrected chi connectivity index (χ0v) is 12.9. The molecular formula is C18H21FN2O. The van der Waals surface area contributed by atoms with Crippen LogP contribution >= 0.6 is 0 Å². The fourth-order valence-corrected chi connectivity index (χ4v) is 2.16. The largest absolute Gasteiger partial charge is 0.376 e. The monoisotopic (exact) mass is 300 g/mol. The third-order valence-corrected chi connectivity index (χ3v) is 3.48. The van der Waals surface area contributed by atoms with E-state index in [0.717, 1.165) is 22.4 Å². The molecule has 2 rings (SSSR count). The van der Waals surface area contributed by atoms with Crippen LogP contribution in [0.4, 0.5) is 10.1 Å². The lowest BCUT2D eigenvalue weighted by atomic mass is 10.1. The van der Waals surface area contributed by atoms with Gasteiger partial charge in [-0.1, -0.05) is 24.3 Å². The molecule has 0 bridgehead atoms. The van der Waals surface area contributed by atoms with Crippen LogP contribution in [-0.4, -0.2) is 19.0 Å². The SMILES string of the molecule is Cc1ccc(C)c(NCC(=O)NCCc2ccc(F)cc2)c1. The van der Waals surface area contributed by atoms with Crippen molar-refractivity contribution in [3.63, 3.8) is 0 Å². The highest BCUT2D eigenvalue weighted by Gasteiger charge is 2.03. The summed E-state index contributed by atoms with van der Waals surface area (Å²) in [4.78, 5) is 11.8. The van der Waals surface area contributed by atoms with Crippen LogP contribution in [-0.2, 0) is 11.2 Å². The Kier molecular flexibility index (Phi) is 5.53. The van der Waals surface area contributed by atoms with E-state index in [4.69, 9.17) is 0 Å². The molecule has 2 N–H and O–H groups in total. The first kappa shape index (κ1) is 16.0. The number of hydrogen-bond donors (Lipinski definition) is 2. The summed E-state index contributed by atoms with van der Waals surface area (Å²) in [6, 6.07) is 12.4. The zero-order valence-electron chi connectivity index (χ0n) is 12.9. The molecule has 0 saturated carbocycles. The molecule has 0 fully saturated rings. The zero-order chi connectivity index (χ0) is 15.9. The van der Waals surface area contributed by atoms with Crippen molar-refractivity contribution in [2.45, 2.75) is 20.3 Å². The number of halogens is 1. The molecule has 0 atom stereocenters. The molecule has 0 spiro atoms. The van der Waals surface area contributed by atoms with Gasteiger partial charge in [0.2, 0.25) is 5.91 Å². The van der Waals surface area contributed by atoms with Crippen LogP contribution in [0, 0.1) is 19.7 Å². The van der Waals surface area contributed by atoms with E-state index in [9.17, 15) is 9.18 Å². The Morgan fingerprint density at radius 3 is 2.55 bits per heavy atom. The van der Waals surface area contributed by atoms with Gasteiger partial charge in [0, 0.05) is 12.2 Å². The quantitative estimate of drug-likeness (QED) is 0.860. The van der Waals surface area contributed by atoms with Crippen molar-refractivity contribution in [1.29, 1.82) is 0 Å². The molecule has 116 valence electrons. The molecule has 3 nitrogen and oxygen atoms in total. The van der Waals surface area contributed by atoms with Gasteiger partial charge in [0.05, 0.1) is 6.54 Å². The van der Waals surface area contributed by atoms with Gasteiger partial charge in [0.15, 0.2) is 0 Å². The molecular weight excluding hydrogens is 279 g/mol. The van der Waals surface area contributed by atoms with Gasteiger partial charge >= 0.3 is 0 Å². The second-order valence-corrected chi connectivity index (χ2v) is 5.40. The fourth-order valence-electron chi connectivity index (χ4n) is 2.16. The van der Waals surface area contributed by atoms with Crippen LogP contribution in [0.2, 0.25) is 0 Å². The highest BCUT2D eigenvalue weighted by atomic mass is 19.1. The van der Waals surface area contributed by atoms with Gasteiger partial charge in [-0.15, -0.1) is 0 Å². The van der Waals surface area contributed by atoms with E-state index < -0.39 is 0 Å². The second-order valence-electron chi connectivity index (χ2n) is 5.40. The smallest absolute Gasteiger partial charge is 0.239 e. The molecule has 0 aromatic heterocycles. The lowest BCUT2D eigenvalue weighted by Gasteiger charge is -2.11. The maximum atomic E-state index is 12.8. The molecule has 1 amide bonds. The molecule has 0 aliphatic heterocycles. The first-order chi connectivity index (χ1) is 10.5. The molecule has 22 heavy (non-hydrogen) atoms. The first-order valence-electron chi connectivity index (χ1n) is 7.37. The van der Waals surface area contributed by atoms with Gasteiger partial charge in [0.25, 0.3) is 0 Å².